The van der Waals surface area contributed by atoms with E-state index in [1.807, 2.05) is 0 Å². The molecule has 4 nitrogen and oxygen atoms in total. The van der Waals surface area contributed by atoms with Crippen LogP contribution in [-0.2, 0) is 9.53 Å². The lowest BCUT2D eigenvalue weighted by atomic mass is 9.89. The van der Waals surface area contributed by atoms with Crippen LogP contribution in [0.25, 0.3) is 0 Å². The molecule has 1 aliphatic carbocycles. The molecule has 2 heterocycles. The van der Waals surface area contributed by atoms with E-state index in [1.165, 1.54) is 0 Å². The number of piperidine rings is 1. The van der Waals surface area contributed by atoms with Gasteiger partial charge in [0.05, 0.1) is 5.92 Å². The third-order valence-corrected chi connectivity index (χ3v) is 4.99. The highest BCUT2D eigenvalue weighted by atomic mass is 16.5. The van der Waals surface area contributed by atoms with Crippen LogP contribution >= 0.6 is 0 Å². The zero-order valence-electron chi connectivity index (χ0n) is 10.2. The summed E-state index contributed by atoms with van der Waals surface area (Å²) in [6.07, 6.45) is 5.39. The lowest BCUT2D eigenvalue weighted by molar-refractivity contribution is -0.139. The third kappa shape index (κ3) is 2.08. The summed E-state index contributed by atoms with van der Waals surface area (Å²) in [6.45, 7) is 3.97. The summed E-state index contributed by atoms with van der Waals surface area (Å²) in [5, 5.41) is 9.06. The first-order chi connectivity index (χ1) is 8.21. The minimum Gasteiger partial charge on any atom is -0.481 e. The molecule has 1 saturated carbocycles. The van der Waals surface area contributed by atoms with Crippen LogP contribution < -0.4 is 0 Å². The van der Waals surface area contributed by atoms with Gasteiger partial charge >= 0.3 is 5.97 Å². The quantitative estimate of drug-likeness (QED) is 0.790. The van der Waals surface area contributed by atoms with Gasteiger partial charge in [0.25, 0.3) is 0 Å². The molecule has 3 aliphatic rings. The zero-order chi connectivity index (χ0) is 11.9. The fourth-order valence-corrected chi connectivity index (χ4v) is 3.63. The van der Waals surface area contributed by atoms with E-state index < -0.39 is 5.97 Å². The van der Waals surface area contributed by atoms with Gasteiger partial charge in [-0.3, -0.25) is 4.79 Å². The van der Waals surface area contributed by atoms with Crippen molar-refractivity contribution in [1.82, 2.24) is 4.90 Å². The highest BCUT2D eigenvalue weighted by Gasteiger charge is 2.59. The molecule has 0 amide bonds. The normalized spacial score (nSPS) is 33.8. The van der Waals surface area contributed by atoms with Crippen molar-refractivity contribution in [3.8, 4) is 0 Å². The maximum absolute atomic E-state index is 11.0. The summed E-state index contributed by atoms with van der Waals surface area (Å²) >= 11 is 0. The molecular formula is C13H21NO3. The van der Waals surface area contributed by atoms with E-state index in [1.54, 1.807) is 0 Å². The Morgan fingerprint density at radius 1 is 1.24 bits per heavy atom. The standard InChI is InChI=1S/C13H21NO3/c15-12(16)11-9-13(11)3-5-14(6-4-13)10-1-7-17-8-2-10/h10-11H,1-9H2,(H,15,16). The van der Waals surface area contributed by atoms with Crippen LogP contribution in [0.1, 0.15) is 32.1 Å². The molecule has 17 heavy (non-hydrogen) atoms. The minimum atomic E-state index is -0.579. The van der Waals surface area contributed by atoms with Crippen LogP contribution in [0.15, 0.2) is 0 Å². The molecular weight excluding hydrogens is 218 g/mol. The summed E-state index contributed by atoms with van der Waals surface area (Å²) in [5.41, 5.74) is 0.174. The molecule has 1 N–H and O–H groups in total. The highest BCUT2D eigenvalue weighted by Crippen LogP contribution is 2.59. The molecule has 0 aromatic carbocycles. The van der Waals surface area contributed by atoms with Gasteiger partial charge in [-0.05, 0) is 50.6 Å². The van der Waals surface area contributed by atoms with Gasteiger partial charge in [-0.15, -0.1) is 0 Å². The number of nitrogens with zero attached hydrogens (tertiary/aromatic N) is 1. The van der Waals surface area contributed by atoms with Gasteiger partial charge in [0.1, 0.15) is 0 Å². The number of carboxylic acid groups (broad SMARTS) is 1. The second kappa shape index (κ2) is 4.25. The Morgan fingerprint density at radius 3 is 2.41 bits per heavy atom. The highest BCUT2D eigenvalue weighted by molar-refractivity contribution is 5.74. The average molecular weight is 239 g/mol. The lowest BCUT2D eigenvalue weighted by Crippen LogP contribution is -2.45. The van der Waals surface area contributed by atoms with E-state index in [9.17, 15) is 4.79 Å². The fourth-order valence-electron chi connectivity index (χ4n) is 3.63. The van der Waals surface area contributed by atoms with Gasteiger partial charge in [-0.1, -0.05) is 0 Å². The summed E-state index contributed by atoms with van der Waals surface area (Å²) in [7, 11) is 0. The first-order valence-corrected chi connectivity index (χ1v) is 6.76. The van der Waals surface area contributed by atoms with Crippen LogP contribution in [-0.4, -0.2) is 48.3 Å². The van der Waals surface area contributed by atoms with Crippen LogP contribution in [0, 0.1) is 11.3 Å². The van der Waals surface area contributed by atoms with Crippen LogP contribution in [0.2, 0.25) is 0 Å². The fraction of sp³-hybridized carbons (Fsp3) is 0.923. The Balaban J connectivity index is 1.52. The number of carbonyl (C=O) groups is 1. The topological polar surface area (TPSA) is 49.8 Å². The maximum Gasteiger partial charge on any atom is 0.307 e. The SMILES string of the molecule is O=C(O)C1CC12CCN(C1CCOCC1)CC2. The van der Waals surface area contributed by atoms with Gasteiger partial charge in [0, 0.05) is 19.3 Å². The number of rotatable bonds is 2. The van der Waals surface area contributed by atoms with Crippen molar-refractivity contribution in [3.05, 3.63) is 0 Å². The second-order valence-corrected chi connectivity index (χ2v) is 5.84. The summed E-state index contributed by atoms with van der Waals surface area (Å²) < 4.78 is 5.39. The third-order valence-electron chi connectivity index (χ3n) is 4.99. The van der Waals surface area contributed by atoms with Gasteiger partial charge in [-0.2, -0.15) is 0 Å². The molecule has 96 valence electrons. The molecule has 1 atom stereocenters. The Hall–Kier alpha value is -0.610. The number of ether oxygens (including phenoxy) is 1. The van der Waals surface area contributed by atoms with E-state index in [4.69, 9.17) is 9.84 Å². The number of hydrogen-bond acceptors (Lipinski definition) is 3. The number of carboxylic acids is 1. The Morgan fingerprint density at radius 2 is 1.88 bits per heavy atom. The molecule has 1 spiro atoms. The molecule has 0 aromatic rings. The molecule has 2 aliphatic heterocycles. The van der Waals surface area contributed by atoms with Crippen LogP contribution in [0.3, 0.4) is 0 Å². The predicted octanol–water partition coefficient (Wildman–Crippen LogP) is 1.35. The first kappa shape index (κ1) is 11.5. The molecule has 0 aromatic heterocycles. The van der Waals surface area contributed by atoms with Gasteiger partial charge in [-0.25, -0.2) is 0 Å². The summed E-state index contributed by atoms with van der Waals surface area (Å²) in [4.78, 5) is 13.5. The Kier molecular flexibility index (Phi) is 2.87. The Labute approximate surface area is 102 Å². The van der Waals surface area contributed by atoms with Gasteiger partial charge in [0.2, 0.25) is 0 Å². The second-order valence-electron chi connectivity index (χ2n) is 5.84. The van der Waals surface area contributed by atoms with Crippen LogP contribution in [0.5, 0.6) is 0 Å². The molecule has 3 rings (SSSR count). The van der Waals surface area contributed by atoms with Crippen molar-refractivity contribution < 1.29 is 14.6 Å². The van der Waals surface area contributed by atoms with Crippen LogP contribution in [0.4, 0.5) is 0 Å². The van der Waals surface area contributed by atoms with Crippen molar-refractivity contribution in [2.24, 2.45) is 11.3 Å². The van der Waals surface area contributed by atoms with Crippen molar-refractivity contribution >= 4 is 5.97 Å². The van der Waals surface area contributed by atoms with E-state index in [0.717, 1.165) is 58.4 Å². The Bertz CT molecular complexity index is 304. The number of aliphatic carboxylic acids is 1. The average Bonchev–Trinajstić information content (AvgIpc) is 3.06. The molecule has 4 heteroatoms. The zero-order valence-corrected chi connectivity index (χ0v) is 10.2. The largest absolute Gasteiger partial charge is 0.481 e. The molecule has 1 unspecified atom stereocenters. The summed E-state index contributed by atoms with van der Waals surface area (Å²) in [6, 6.07) is 0.683. The smallest absolute Gasteiger partial charge is 0.307 e. The predicted molar refractivity (Wildman–Crippen MR) is 62.8 cm³/mol. The minimum absolute atomic E-state index is 0.0423. The molecule has 0 bridgehead atoms. The van der Waals surface area contributed by atoms with Crippen molar-refractivity contribution in [2.45, 2.75) is 38.1 Å². The van der Waals surface area contributed by atoms with Crippen molar-refractivity contribution in [1.29, 1.82) is 0 Å². The first-order valence-electron chi connectivity index (χ1n) is 6.76. The monoisotopic (exact) mass is 239 g/mol. The van der Waals surface area contributed by atoms with Gasteiger partial charge in [0.15, 0.2) is 0 Å². The molecule has 0 radical (unpaired) electrons. The number of hydrogen-bond donors (Lipinski definition) is 1. The molecule has 3 fully saturated rings. The number of likely N-dealkylation sites (tertiary alicyclic amines) is 1. The maximum atomic E-state index is 11.0. The van der Waals surface area contributed by atoms with Gasteiger partial charge < -0.3 is 14.7 Å². The van der Waals surface area contributed by atoms with E-state index >= 15 is 0 Å². The summed E-state index contributed by atoms with van der Waals surface area (Å²) in [5.74, 6) is -0.621. The van der Waals surface area contributed by atoms with Crippen molar-refractivity contribution in [3.63, 3.8) is 0 Å². The molecule has 2 saturated heterocycles. The lowest BCUT2D eigenvalue weighted by Gasteiger charge is -2.39. The van der Waals surface area contributed by atoms with E-state index in [0.29, 0.717) is 6.04 Å². The van der Waals surface area contributed by atoms with Crippen molar-refractivity contribution in [2.75, 3.05) is 26.3 Å². The van der Waals surface area contributed by atoms with E-state index in [-0.39, 0.29) is 11.3 Å². The van der Waals surface area contributed by atoms with E-state index in [2.05, 4.69) is 4.90 Å².